The number of carbonyl (C=O) groups is 2. The van der Waals surface area contributed by atoms with Crippen molar-refractivity contribution < 1.29 is 19.1 Å². The molecule has 0 aliphatic carbocycles. The van der Waals surface area contributed by atoms with Crippen LogP contribution in [0.4, 0.5) is 5.69 Å². The lowest BCUT2D eigenvalue weighted by Crippen LogP contribution is -2.28. The highest BCUT2D eigenvalue weighted by Gasteiger charge is 2.32. The number of amidine groups is 1. The highest BCUT2D eigenvalue weighted by Crippen LogP contribution is 2.23. The van der Waals surface area contributed by atoms with Crippen LogP contribution >= 0.6 is 11.8 Å². The lowest BCUT2D eigenvalue weighted by atomic mass is 10.2. The van der Waals surface area contributed by atoms with Crippen molar-refractivity contribution in [2.45, 2.75) is 11.7 Å². The number of carbonyl (C=O) groups excluding carboxylic acids is 2. The van der Waals surface area contributed by atoms with Crippen LogP contribution in [0.2, 0.25) is 0 Å². The fourth-order valence-electron chi connectivity index (χ4n) is 2.48. The van der Waals surface area contributed by atoms with Crippen molar-refractivity contribution in [1.82, 2.24) is 5.32 Å². The molecule has 0 radical (unpaired) electrons. The Labute approximate surface area is 172 Å². The number of amides is 2. The molecule has 2 N–H and O–H groups in total. The predicted molar refractivity (Wildman–Crippen MR) is 114 cm³/mol. The van der Waals surface area contributed by atoms with Gasteiger partial charge in [0, 0.05) is 12.1 Å². The van der Waals surface area contributed by atoms with Gasteiger partial charge in [0.05, 0.1) is 20.4 Å². The molecule has 1 atom stereocenters. The van der Waals surface area contributed by atoms with Gasteiger partial charge in [-0.15, -0.1) is 5.10 Å². The Kier molecular flexibility index (Phi) is 6.85. The predicted octanol–water partition coefficient (Wildman–Crippen LogP) is 2.65. The first-order valence-corrected chi connectivity index (χ1v) is 9.62. The summed E-state index contributed by atoms with van der Waals surface area (Å²) >= 11 is 1.18. The van der Waals surface area contributed by atoms with Gasteiger partial charge in [-0.2, -0.15) is 5.10 Å². The Morgan fingerprint density at radius 1 is 1.10 bits per heavy atom. The third-order valence-electron chi connectivity index (χ3n) is 3.99. The number of methoxy groups -OCH3 is 2. The van der Waals surface area contributed by atoms with E-state index in [-0.39, 0.29) is 18.2 Å². The molecule has 0 saturated carbocycles. The van der Waals surface area contributed by atoms with Crippen molar-refractivity contribution in [3.63, 3.8) is 0 Å². The highest BCUT2D eigenvalue weighted by atomic mass is 32.2. The molecule has 9 heteroatoms. The number of thioether (sulfide) groups is 1. The molecule has 0 spiro atoms. The van der Waals surface area contributed by atoms with Crippen molar-refractivity contribution >= 4 is 40.6 Å². The second kappa shape index (κ2) is 9.74. The van der Waals surface area contributed by atoms with E-state index < -0.39 is 5.25 Å². The third kappa shape index (κ3) is 5.82. The van der Waals surface area contributed by atoms with Gasteiger partial charge in [0.2, 0.25) is 11.8 Å². The summed E-state index contributed by atoms with van der Waals surface area (Å²) in [7, 11) is 3.17. The molecule has 1 saturated heterocycles. The van der Waals surface area contributed by atoms with Crippen LogP contribution in [0, 0.1) is 0 Å². The summed E-state index contributed by atoms with van der Waals surface area (Å²) in [5.41, 5.74) is 1.48. The van der Waals surface area contributed by atoms with Crippen molar-refractivity contribution in [2.75, 3.05) is 19.5 Å². The topological polar surface area (TPSA) is 101 Å². The van der Waals surface area contributed by atoms with E-state index in [0.717, 1.165) is 11.3 Å². The Bertz CT molecular complexity index is 927. The highest BCUT2D eigenvalue weighted by molar-refractivity contribution is 8.15. The molecule has 8 nitrogen and oxygen atoms in total. The van der Waals surface area contributed by atoms with Gasteiger partial charge in [0.25, 0.3) is 0 Å². The molecule has 3 rings (SSSR count). The van der Waals surface area contributed by atoms with Crippen LogP contribution in [-0.4, -0.2) is 42.7 Å². The number of rotatable bonds is 7. The van der Waals surface area contributed by atoms with E-state index in [0.29, 0.717) is 16.6 Å². The monoisotopic (exact) mass is 412 g/mol. The van der Waals surface area contributed by atoms with Crippen LogP contribution in [0.3, 0.4) is 0 Å². The van der Waals surface area contributed by atoms with E-state index in [4.69, 9.17) is 9.47 Å². The van der Waals surface area contributed by atoms with Crippen LogP contribution in [-0.2, 0) is 9.59 Å². The first-order valence-electron chi connectivity index (χ1n) is 8.74. The molecular formula is C20H20N4O4S. The van der Waals surface area contributed by atoms with Gasteiger partial charge < -0.3 is 20.1 Å². The van der Waals surface area contributed by atoms with E-state index in [9.17, 15) is 9.59 Å². The zero-order valence-corrected chi connectivity index (χ0v) is 16.7. The van der Waals surface area contributed by atoms with Crippen LogP contribution < -0.4 is 20.1 Å². The number of hydrogen-bond acceptors (Lipinski definition) is 7. The largest absolute Gasteiger partial charge is 0.497 e. The number of benzene rings is 2. The molecule has 2 amide bonds. The number of nitrogens with zero attached hydrogens (tertiary/aromatic N) is 2. The fourth-order valence-corrected chi connectivity index (χ4v) is 3.40. The van der Waals surface area contributed by atoms with Crippen molar-refractivity contribution in [1.29, 1.82) is 0 Å². The minimum absolute atomic E-state index is 0.0315. The molecule has 1 heterocycles. The molecule has 29 heavy (non-hydrogen) atoms. The number of nitrogens with one attached hydrogen (secondary N) is 2. The summed E-state index contributed by atoms with van der Waals surface area (Å²) in [4.78, 5) is 24.3. The Balaban J connectivity index is 1.52. The Hall–Kier alpha value is -3.33. The fraction of sp³-hybridized carbons (Fsp3) is 0.200. The molecule has 1 fully saturated rings. The Morgan fingerprint density at radius 2 is 1.72 bits per heavy atom. The lowest BCUT2D eigenvalue weighted by Gasteiger charge is -2.08. The van der Waals surface area contributed by atoms with Gasteiger partial charge in [-0.05, 0) is 54.1 Å². The zero-order valence-electron chi connectivity index (χ0n) is 15.9. The molecule has 0 bridgehead atoms. The first-order chi connectivity index (χ1) is 14.1. The van der Waals surface area contributed by atoms with Crippen molar-refractivity contribution in [3.05, 3.63) is 54.1 Å². The summed E-state index contributed by atoms with van der Waals surface area (Å²) < 4.78 is 10.2. The number of ether oxygens (including phenoxy) is 2. The first kappa shape index (κ1) is 20.4. The summed E-state index contributed by atoms with van der Waals surface area (Å²) in [6.45, 7) is 0. The lowest BCUT2D eigenvalue weighted by molar-refractivity contribution is -0.122. The van der Waals surface area contributed by atoms with E-state index in [2.05, 4.69) is 20.8 Å². The van der Waals surface area contributed by atoms with E-state index in [1.165, 1.54) is 11.8 Å². The van der Waals surface area contributed by atoms with Crippen LogP contribution in [0.5, 0.6) is 11.5 Å². The number of anilines is 1. The van der Waals surface area contributed by atoms with Gasteiger partial charge in [-0.3, -0.25) is 9.59 Å². The normalized spacial score (nSPS) is 17.4. The molecule has 2 aromatic rings. The Morgan fingerprint density at radius 3 is 2.34 bits per heavy atom. The maximum absolute atomic E-state index is 12.2. The minimum Gasteiger partial charge on any atom is -0.497 e. The maximum Gasteiger partial charge on any atom is 0.240 e. The second-order valence-electron chi connectivity index (χ2n) is 6.00. The molecule has 1 unspecified atom stereocenters. The van der Waals surface area contributed by atoms with Crippen LogP contribution in [0.1, 0.15) is 12.0 Å². The van der Waals surface area contributed by atoms with Gasteiger partial charge in [-0.1, -0.05) is 11.8 Å². The van der Waals surface area contributed by atoms with E-state index in [1.807, 2.05) is 24.3 Å². The van der Waals surface area contributed by atoms with Gasteiger partial charge in [0.15, 0.2) is 5.17 Å². The molecule has 2 aromatic carbocycles. The van der Waals surface area contributed by atoms with Crippen molar-refractivity contribution in [3.8, 4) is 11.5 Å². The molecule has 1 aliphatic heterocycles. The summed E-state index contributed by atoms with van der Waals surface area (Å²) in [5.74, 6) is 0.927. The molecular weight excluding hydrogens is 392 g/mol. The summed E-state index contributed by atoms with van der Waals surface area (Å²) in [5, 5.41) is 13.2. The van der Waals surface area contributed by atoms with Crippen LogP contribution in [0.25, 0.3) is 0 Å². The van der Waals surface area contributed by atoms with E-state index in [1.54, 1.807) is 44.7 Å². The van der Waals surface area contributed by atoms with Gasteiger partial charge in [0.1, 0.15) is 16.7 Å². The standard InChI is InChI=1S/C20H20N4O4S/c1-27-15-7-3-13(4-8-15)12-21-24-20-23-19(26)17(29-20)11-18(25)22-14-5-9-16(28-2)10-6-14/h3-10,12,17H,11H2,1-2H3,(H,22,25)(H,23,24,26)/b21-12+. The second-order valence-corrected chi connectivity index (χ2v) is 7.19. The van der Waals surface area contributed by atoms with Crippen molar-refractivity contribution in [2.24, 2.45) is 10.2 Å². The minimum atomic E-state index is -0.553. The van der Waals surface area contributed by atoms with E-state index >= 15 is 0 Å². The average molecular weight is 412 g/mol. The summed E-state index contributed by atoms with van der Waals surface area (Å²) in [6, 6.07) is 14.3. The summed E-state index contributed by atoms with van der Waals surface area (Å²) in [6.07, 6.45) is 1.60. The molecule has 0 aromatic heterocycles. The van der Waals surface area contributed by atoms with Gasteiger partial charge in [-0.25, -0.2) is 0 Å². The third-order valence-corrected chi connectivity index (χ3v) is 5.06. The zero-order chi connectivity index (χ0) is 20.6. The van der Waals surface area contributed by atoms with Gasteiger partial charge >= 0.3 is 0 Å². The SMILES string of the molecule is COc1ccc(/C=N/N=C2/NC(=O)C(CC(=O)Nc3ccc(OC)cc3)S2)cc1. The molecule has 1 aliphatic rings. The smallest absolute Gasteiger partial charge is 0.240 e. The van der Waals surface area contributed by atoms with Crippen LogP contribution in [0.15, 0.2) is 58.7 Å². The molecule has 150 valence electrons. The average Bonchev–Trinajstić information content (AvgIpc) is 3.08. The quantitative estimate of drug-likeness (QED) is 0.538. The maximum atomic E-state index is 12.2. The number of hydrogen-bond donors (Lipinski definition) is 2.